The zero-order valence-corrected chi connectivity index (χ0v) is 14.9. The summed E-state index contributed by atoms with van der Waals surface area (Å²) in [6.45, 7) is 9.00. The molecule has 3 N–H and O–H groups in total. The highest BCUT2D eigenvalue weighted by atomic mass is 16.5. The highest BCUT2D eigenvalue weighted by Gasteiger charge is 2.24. The van der Waals surface area contributed by atoms with E-state index in [2.05, 4.69) is 23.6 Å². The number of likely N-dealkylation sites (tertiary alicyclic amines) is 1. The predicted molar refractivity (Wildman–Crippen MR) is 91.2 cm³/mol. The highest BCUT2D eigenvalue weighted by Crippen LogP contribution is 2.20. The van der Waals surface area contributed by atoms with Crippen LogP contribution in [0.2, 0.25) is 0 Å². The van der Waals surface area contributed by atoms with Gasteiger partial charge in [-0.3, -0.25) is 9.80 Å². The van der Waals surface area contributed by atoms with Gasteiger partial charge in [-0.1, -0.05) is 0 Å². The Morgan fingerprint density at radius 1 is 1.09 bits per heavy atom. The van der Waals surface area contributed by atoms with E-state index in [0.717, 1.165) is 38.9 Å². The van der Waals surface area contributed by atoms with E-state index in [4.69, 9.17) is 9.84 Å². The zero-order chi connectivity index (χ0) is 17.1. The molecule has 0 aromatic carbocycles. The smallest absolute Gasteiger partial charge is 0.112 e. The zero-order valence-electron chi connectivity index (χ0n) is 14.9. The fourth-order valence-corrected chi connectivity index (χ4v) is 3.15. The summed E-state index contributed by atoms with van der Waals surface area (Å²) in [5.41, 5.74) is 0. The summed E-state index contributed by atoms with van der Waals surface area (Å²) in [4.78, 5) is 4.54. The molecule has 1 rings (SSSR count). The van der Waals surface area contributed by atoms with Crippen molar-refractivity contribution in [2.24, 2.45) is 5.92 Å². The van der Waals surface area contributed by atoms with Gasteiger partial charge in [0, 0.05) is 58.5 Å². The Kier molecular flexibility index (Phi) is 11.0. The second-order valence-electron chi connectivity index (χ2n) is 6.71. The monoisotopic (exact) mass is 332 g/mol. The third kappa shape index (κ3) is 7.92. The number of nitrogens with zero attached hydrogens (tertiary/aromatic N) is 2. The van der Waals surface area contributed by atoms with Crippen molar-refractivity contribution in [3.05, 3.63) is 0 Å². The van der Waals surface area contributed by atoms with E-state index >= 15 is 0 Å². The standard InChI is InChI=1S/C17H36N2O4/c1-15(2)18(10-12-21)7-3-13-23-17(6-11-20)19-8-4-16(14-22)5-9-19/h15-17,20-22H,3-14H2,1-2H3. The second-order valence-corrected chi connectivity index (χ2v) is 6.71. The van der Waals surface area contributed by atoms with Crippen LogP contribution in [0.1, 0.15) is 39.5 Å². The Hall–Kier alpha value is -0.240. The van der Waals surface area contributed by atoms with Crippen LogP contribution in [-0.4, -0.2) is 90.0 Å². The number of aliphatic hydroxyl groups is 3. The summed E-state index contributed by atoms with van der Waals surface area (Å²) in [7, 11) is 0. The van der Waals surface area contributed by atoms with Gasteiger partial charge >= 0.3 is 0 Å². The Morgan fingerprint density at radius 2 is 1.78 bits per heavy atom. The van der Waals surface area contributed by atoms with Crippen LogP contribution in [0, 0.1) is 5.92 Å². The van der Waals surface area contributed by atoms with Crippen molar-refractivity contribution in [3.8, 4) is 0 Å². The maximum absolute atomic E-state index is 9.27. The van der Waals surface area contributed by atoms with Gasteiger partial charge in [0.1, 0.15) is 6.23 Å². The highest BCUT2D eigenvalue weighted by molar-refractivity contribution is 4.74. The van der Waals surface area contributed by atoms with Crippen LogP contribution in [0.4, 0.5) is 0 Å². The minimum absolute atomic E-state index is 0.0232. The summed E-state index contributed by atoms with van der Waals surface area (Å²) in [5, 5.41) is 27.6. The molecule has 0 aromatic heterocycles. The predicted octanol–water partition coefficient (Wildman–Crippen LogP) is 0.509. The molecule has 0 spiro atoms. The van der Waals surface area contributed by atoms with Gasteiger partial charge < -0.3 is 20.1 Å². The number of aliphatic hydroxyl groups excluding tert-OH is 3. The van der Waals surface area contributed by atoms with E-state index in [1.807, 2.05) is 0 Å². The molecule has 23 heavy (non-hydrogen) atoms. The van der Waals surface area contributed by atoms with Crippen molar-refractivity contribution < 1.29 is 20.1 Å². The van der Waals surface area contributed by atoms with Crippen LogP contribution >= 0.6 is 0 Å². The van der Waals surface area contributed by atoms with Crippen molar-refractivity contribution in [1.82, 2.24) is 9.80 Å². The van der Waals surface area contributed by atoms with E-state index in [9.17, 15) is 10.2 Å². The van der Waals surface area contributed by atoms with Crippen molar-refractivity contribution >= 4 is 0 Å². The molecule has 0 saturated carbocycles. The number of hydrogen-bond acceptors (Lipinski definition) is 6. The molecule has 1 heterocycles. The summed E-state index contributed by atoms with van der Waals surface area (Å²) < 4.78 is 6.01. The Morgan fingerprint density at radius 3 is 2.30 bits per heavy atom. The molecule has 1 atom stereocenters. The summed E-state index contributed by atoms with van der Waals surface area (Å²) >= 11 is 0. The molecule has 0 aromatic rings. The van der Waals surface area contributed by atoms with Crippen molar-refractivity contribution in [2.75, 3.05) is 52.6 Å². The summed E-state index contributed by atoms with van der Waals surface area (Å²) in [5.74, 6) is 0.416. The van der Waals surface area contributed by atoms with Gasteiger partial charge in [0.05, 0.1) is 6.61 Å². The van der Waals surface area contributed by atoms with Crippen molar-refractivity contribution in [2.45, 2.75) is 51.8 Å². The molecule has 1 fully saturated rings. The third-order valence-corrected chi connectivity index (χ3v) is 4.71. The molecule has 1 aliphatic rings. The topological polar surface area (TPSA) is 76.4 Å². The Labute approximate surface area is 141 Å². The molecule has 0 aliphatic carbocycles. The second kappa shape index (κ2) is 12.2. The molecule has 138 valence electrons. The first-order chi connectivity index (χ1) is 11.1. The normalized spacial score (nSPS) is 18.9. The Bertz CT molecular complexity index is 284. The van der Waals surface area contributed by atoms with Crippen LogP contribution in [-0.2, 0) is 4.74 Å². The molecule has 1 unspecified atom stereocenters. The molecule has 0 radical (unpaired) electrons. The lowest BCUT2D eigenvalue weighted by molar-refractivity contribution is -0.0860. The van der Waals surface area contributed by atoms with Crippen LogP contribution in [0.25, 0.3) is 0 Å². The molecule has 1 saturated heterocycles. The van der Waals surface area contributed by atoms with Gasteiger partial charge in [0.15, 0.2) is 0 Å². The first kappa shape index (κ1) is 20.8. The van der Waals surface area contributed by atoms with Gasteiger partial charge in [-0.25, -0.2) is 0 Å². The maximum Gasteiger partial charge on any atom is 0.112 e. The lowest BCUT2D eigenvalue weighted by Crippen LogP contribution is -2.44. The lowest BCUT2D eigenvalue weighted by atomic mass is 9.97. The molecule has 1 aliphatic heterocycles. The lowest BCUT2D eigenvalue weighted by Gasteiger charge is -2.37. The molecule has 6 heteroatoms. The molecular formula is C17H36N2O4. The van der Waals surface area contributed by atoms with Crippen LogP contribution in [0.15, 0.2) is 0 Å². The average Bonchev–Trinajstić information content (AvgIpc) is 2.56. The van der Waals surface area contributed by atoms with Crippen LogP contribution < -0.4 is 0 Å². The van der Waals surface area contributed by atoms with Crippen LogP contribution in [0.5, 0.6) is 0 Å². The quantitative estimate of drug-likeness (QED) is 0.452. The van der Waals surface area contributed by atoms with E-state index in [0.29, 0.717) is 31.5 Å². The molecule has 6 nitrogen and oxygen atoms in total. The van der Waals surface area contributed by atoms with Gasteiger partial charge in [-0.05, 0) is 39.0 Å². The third-order valence-electron chi connectivity index (χ3n) is 4.71. The van der Waals surface area contributed by atoms with Crippen molar-refractivity contribution in [1.29, 1.82) is 0 Å². The fourth-order valence-electron chi connectivity index (χ4n) is 3.15. The van der Waals surface area contributed by atoms with E-state index in [-0.39, 0.29) is 26.0 Å². The van der Waals surface area contributed by atoms with Gasteiger partial charge in [-0.2, -0.15) is 0 Å². The van der Waals surface area contributed by atoms with Gasteiger partial charge in [-0.15, -0.1) is 0 Å². The number of piperidine rings is 1. The van der Waals surface area contributed by atoms with Gasteiger partial charge in [0.25, 0.3) is 0 Å². The number of ether oxygens (including phenoxy) is 1. The minimum Gasteiger partial charge on any atom is -0.396 e. The van der Waals surface area contributed by atoms with E-state index in [1.165, 1.54) is 0 Å². The average molecular weight is 332 g/mol. The molecular weight excluding hydrogens is 296 g/mol. The molecule has 0 bridgehead atoms. The first-order valence-corrected chi connectivity index (χ1v) is 9.04. The summed E-state index contributed by atoms with van der Waals surface area (Å²) in [6.07, 6.45) is 3.53. The number of rotatable bonds is 12. The van der Waals surface area contributed by atoms with Gasteiger partial charge in [0.2, 0.25) is 0 Å². The summed E-state index contributed by atoms with van der Waals surface area (Å²) in [6, 6.07) is 0.424. The minimum atomic E-state index is -0.0232. The largest absolute Gasteiger partial charge is 0.396 e. The van der Waals surface area contributed by atoms with Crippen LogP contribution in [0.3, 0.4) is 0 Å². The van der Waals surface area contributed by atoms with E-state index < -0.39 is 0 Å². The van der Waals surface area contributed by atoms with Crippen molar-refractivity contribution in [3.63, 3.8) is 0 Å². The van der Waals surface area contributed by atoms with E-state index in [1.54, 1.807) is 0 Å². The number of hydrogen-bond donors (Lipinski definition) is 3. The first-order valence-electron chi connectivity index (χ1n) is 9.04. The maximum atomic E-state index is 9.27. The molecule has 0 amide bonds. The fraction of sp³-hybridized carbons (Fsp3) is 1.00. The SMILES string of the molecule is CC(C)N(CCO)CCCOC(CCO)N1CCC(CO)CC1. The Balaban J connectivity index is 2.30.